The maximum Gasteiger partial charge on any atom is 0.0900 e. The normalized spacial score (nSPS) is 16.7. The number of rotatable bonds is 4. The summed E-state index contributed by atoms with van der Waals surface area (Å²) in [5, 5.41) is 1.21. The van der Waals surface area contributed by atoms with Crippen LogP contribution in [0.5, 0.6) is 0 Å². The van der Waals surface area contributed by atoms with E-state index in [0.717, 1.165) is 25.9 Å². The highest BCUT2D eigenvalue weighted by Gasteiger charge is 2.18. The zero-order valence-corrected chi connectivity index (χ0v) is 10.1. The third-order valence-electron chi connectivity index (χ3n) is 2.85. The fraction of sp³-hybridized carbons (Fsp3) is 0.727. The molecule has 0 amide bonds. The summed E-state index contributed by atoms with van der Waals surface area (Å²) in [6.45, 7) is 6.38. The number of unbranched alkanes of at least 4 members (excludes halogenated alkanes) is 1. The molecule has 0 saturated carbocycles. The molecule has 4 heteroatoms. The Balaban J connectivity index is 1.88. The van der Waals surface area contributed by atoms with Crippen molar-refractivity contribution in [2.45, 2.75) is 32.7 Å². The van der Waals surface area contributed by atoms with Crippen LogP contribution in [-0.2, 0) is 13.0 Å². The fourth-order valence-corrected chi connectivity index (χ4v) is 3.07. The molecule has 1 aliphatic heterocycles. The van der Waals surface area contributed by atoms with E-state index in [2.05, 4.69) is 16.8 Å². The molecule has 1 aromatic rings. The maximum atomic E-state index is 5.50. The van der Waals surface area contributed by atoms with Gasteiger partial charge in [-0.15, -0.1) is 11.3 Å². The van der Waals surface area contributed by atoms with Crippen molar-refractivity contribution in [1.82, 2.24) is 9.88 Å². The van der Waals surface area contributed by atoms with E-state index in [9.17, 15) is 0 Å². The zero-order chi connectivity index (χ0) is 10.7. The van der Waals surface area contributed by atoms with Gasteiger partial charge in [-0.3, -0.25) is 4.90 Å². The van der Waals surface area contributed by atoms with E-state index in [-0.39, 0.29) is 0 Å². The van der Waals surface area contributed by atoms with Gasteiger partial charge >= 0.3 is 0 Å². The van der Waals surface area contributed by atoms with Crippen LogP contribution in [0.25, 0.3) is 0 Å². The van der Waals surface area contributed by atoms with Crippen LogP contribution in [0.2, 0.25) is 0 Å². The molecular weight excluding hydrogens is 206 g/mol. The summed E-state index contributed by atoms with van der Waals surface area (Å²) in [5.41, 5.74) is 6.84. The van der Waals surface area contributed by atoms with Gasteiger partial charge in [0.05, 0.1) is 10.7 Å². The van der Waals surface area contributed by atoms with Crippen molar-refractivity contribution in [3.63, 3.8) is 0 Å². The van der Waals surface area contributed by atoms with E-state index in [4.69, 9.17) is 5.73 Å². The van der Waals surface area contributed by atoms with Gasteiger partial charge in [0.2, 0.25) is 0 Å². The Morgan fingerprint density at radius 3 is 3.13 bits per heavy atom. The van der Waals surface area contributed by atoms with Gasteiger partial charge in [-0.05, 0) is 32.9 Å². The highest BCUT2D eigenvalue weighted by atomic mass is 32.1. The lowest BCUT2D eigenvalue weighted by Crippen LogP contribution is -2.31. The summed E-state index contributed by atoms with van der Waals surface area (Å²) >= 11 is 1.86. The third-order valence-corrected chi connectivity index (χ3v) is 3.84. The number of hydrogen-bond acceptors (Lipinski definition) is 4. The molecule has 0 aromatic carbocycles. The van der Waals surface area contributed by atoms with E-state index in [1.165, 1.54) is 35.1 Å². The topological polar surface area (TPSA) is 42.2 Å². The highest BCUT2D eigenvalue weighted by Crippen LogP contribution is 2.24. The Morgan fingerprint density at radius 1 is 1.47 bits per heavy atom. The van der Waals surface area contributed by atoms with Crippen LogP contribution >= 0.6 is 11.3 Å². The van der Waals surface area contributed by atoms with Crippen molar-refractivity contribution in [2.24, 2.45) is 5.73 Å². The lowest BCUT2D eigenvalue weighted by atomic mass is 10.1. The Bertz CT molecular complexity index is 322. The molecule has 0 bridgehead atoms. The molecule has 0 spiro atoms. The molecule has 0 saturated heterocycles. The van der Waals surface area contributed by atoms with Gasteiger partial charge in [0.1, 0.15) is 0 Å². The number of fused-ring (bicyclic) bond motifs is 1. The number of aryl methyl sites for hydroxylation is 1. The van der Waals surface area contributed by atoms with Gasteiger partial charge in [-0.2, -0.15) is 0 Å². The van der Waals surface area contributed by atoms with Crippen LogP contribution in [-0.4, -0.2) is 29.5 Å². The molecule has 0 radical (unpaired) electrons. The molecule has 1 aromatic heterocycles. The minimum Gasteiger partial charge on any atom is -0.330 e. The smallest absolute Gasteiger partial charge is 0.0900 e. The summed E-state index contributed by atoms with van der Waals surface area (Å²) in [7, 11) is 0. The van der Waals surface area contributed by atoms with Gasteiger partial charge in [0, 0.05) is 24.4 Å². The van der Waals surface area contributed by atoms with Crippen molar-refractivity contribution in [2.75, 3.05) is 19.6 Å². The Hall–Kier alpha value is -0.450. The molecule has 2 rings (SSSR count). The number of nitrogens with two attached hydrogens (primary N) is 1. The molecule has 0 fully saturated rings. The molecule has 3 nitrogen and oxygen atoms in total. The van der Waals surface area contributed by atoms with Crippen LogP contribution in [0.1, 0.15) is 28.4 Å². The average Bonchev–Trinajstić information content (AvgIpc) is 2.57. The van der Waals surface area contributed by atoms with Gasteiger partial charge in [0.25, 0.3) is 0 Å². The number of aromatic nitrogens is 1. The predicted octanol–water partition coefficient (Wildman–Crippen LogP) is 1.55. The number of hydrogen-bond donors (Lipinski definition) is 1. The molecule has 2 heterocycles. The summed E-state index contributed by atoms with van der Waals surface area (Å²) in [4.78, 5) is 8.56. The molecule has 84 valence electrons. The summed E-state index contributed by atoms with van der Waals surface area (Å²) in [6.07, 6.45) is 3.50. The summed E-state index contributed by atoms with van der Waals surface area (Å²) in [6, 6.07) is 0. The maximum absolute atomic E-state index is 5.50. The first kappa shape index (κ1) is 11.0. The highest BCUT2D eigenvalue weighted by molar-refractivity contribution is 7.11. The first-order valence-corrected chi connectivity index (χ1v) is 6.49. The van der Waals surface area contributed by atoms with Gasteiger partial charge < -0.3 is 5.73 Å². The Kier molecular flexibility index (Phi) is 3.72. The van der Waals surface area contributed by atoms with E-state index < -0.39 is 0 Å². The average molecular weight is 225 g/mol. The predicted molar refractivity (Wildman–Crippen MR) is 64.1 cm³/mol. The second-order valence-electron chi connectivity index (χ2n) is 4.12. The SMILES string of the molecule is Cc1nc2c(s1)CN(CCCCN)CC2. The van der Waals surface area contributed by atoms with E-state index >= 15 is 0 Å². The van der Waals surface area contributed by atoms with E-state index in [1.807, 2.05) is 11.3 Å². The van der Waals surface area contributed by atoms with Crippen LogP contribution in [0.3, 0.4) is 0 Å². The molecule has 0 unspecified atom stereocenters. The largest absolute Gasteiger partial charge is 0.330 e. The zero-order valence-electron chi connectivity index (χ0n) is 9.33. The second-order valence-corrected chi connectivity index (χ2v) is 5.41. The second kappa shape index (κ2) is 5.05. The standard InChI is InChI=1S/C11H19N3S/c1-9-13-10-4-7-14(6-3-2-5-12)8-11(10)15-9/h2-8,12H2,1H3. The fourth-order valence-electron chi connectivity index (χ4n) is 2.05. The Labute approximate surface area is 95.3 Å². The van der Waals surface area contributed by atoms with Crippen LogP contribution in [0, 0.1) is 6.92 Å². The molecule has 15 heavy (non-hydrogen) atoms. The molecule has 0 atom stereocenters. The lowest BCUT2D eigenvalue weighted by Gasteiger charge is -2.25. The number of nitrogens with zero attached hydrogens (tertiary/aromatic N) is 2. The van der Waals surface area contributed by atoms with Crippen molar-refractivity contribution in [1.29, 1.82) is 0 Å². The molecule has 0 aliphatic carbocycles. The van der Waals surface area contributed by atoms with E-state index in [0.29, 0.717) is 0 Å². The minimum absolute atomic E-state index is 0.818. The van der Waals surface area contributed by atoms with Crippen molar-refractivity contribution >= 4 is 11.3 Å². The summed E-state index contributed by atoms with van der Waals surface area (Å²) in [5.74, 6) is 0. The lowest BCUT2D eigenvalue weighted by molar-refractivity contribution is 0.251. The molecular formula is C11H19N3S. The van der Waals surface area contributed by atoms with Crippen LogP contribution in [0.4, 0.5) is 0 Å². The number of thiazole rings is 1. The van der Waals surface area contributed by atoms with Crippen molar-refractivity contribution in [3.05, 3.63) is 15.6 Å². The first-order valence-electron chi connectivity index (χ1n) is 5.67. The quantitative estimate of drug-likeness (QED) is 0.791. The van der Waals surface area contributed by atoms with Gasteiger partial charge in [-0.1, -0.05) is 0 Å². The van der Waals surface area contributed by atoms with Gasteiger partial charge in [-0.25, -0.2) is 4.98 Å². The van der Waals surface area contributed by atoms with Crippen molar-refractivity contribution < 1.29 is 0 Å². The minimum atomic E-state index is 0.818. The monoisotopic (exact) mass is 225 g/mol. The third kappa shape index (κ3) is 2.77. The van der Waals surface area contributed by atoms with E-state index in [1.54, 1.807) is 0 Å². The summed E-state index contributed by atoms with van der Waals surface area (Å²) < 4.78 is 0. The molecule has 1 aliphatic rings. The molecule has 2 N–H and O–H groups in total. The van der Waals surface area contributed by atoms with Gasteiger partial charge in [0.15, 0.2) is 0 Å². The van der Waals surface area contributed by atoms with Crippen molar-refractivity contribution in [3.8, 4) is 0 Å². The Morgan fingerprint density at radius 2 is 2.33 bits per heavy atom. The van der Waals surface area contributed by atoms with Crippen LogP contribution < -0.4 is 5.73 Å². The van der Waals surface area contributed by atoms with Crippen LogP contribution in [0.15, 0.2) is 0 Å². The first-order chi connectivity index (χ1) is 7.29.